The maximum absolute atomic E-state index is 12.0. The molecule has 0 unspecified atom stereocenters. The Hall–Kier alpha value is -1.55. The van der Waals surface area contributed by atoms with E-state index in [1.807, 2.05) is 35.2 Å². The molecule has 2 aliphatic heterocycles. The van der Waals surface area contributed by atoms with Crippen LogP contribution >= 0.6 is 0 Å². The monoisotopic (exact) mass is 246 g/mol. The average molecular weight is 246 g/mol. The van der Waals surface area contributed by atoms with Gasteiger partial charge in [0.25, 0.3) is 0 Å². The van der Waals surface area contributed by atoms with Crippen LogP contribution < -0.4 is 5.32 Å². The van der Waals surface area contributed by atoms with Gasteiger partial charge in [-0.3, -0.25) is 4.90 Å². The Morgan fingerprint density at radius 2 is 2.22 bits per heavy atom. The molecular weight excluding hydrogens is 228 g/mol. The standard InChI is InChI=1S/C14H18N2O2/c1-14-10-15-7-12(14)9-18-13(17)16(14)8-11-5-3-2-4-6-11/h2-6,12,15H,7-10H2,1H3/t12-,14-/m0/s1. The zero-order valence-electron chi connectivity index (χ0n) is 10.6. The lowest BCUT2D eigenvalue weighted by Gasteiger charge is -2.45. The summed E-state index contributed by atoms with van der Waals surface area (Å²) in [5, 5.41) is 3.37. The van der Waals surface area contributed by atoms with Crippen LogP contribution in [0.5, 0.6) is 0 Å². The number of carbonyl (C=O) groups excluding carboxylic acids is 1. The minimum atomic E-state index is -0.193. The molecule has 0 aliphatic carbocycles. The quantitative estimate of drug-likeness (QED) is 0.862. The second-order valence-electron chi connectivity index (χ2n) is 5.33. The van der Waals surface area contributed by atoms with Gasteiger partial charge in [-0.15, -0.1) is 0 Å². The normalized spacial score (nSPS) is 31.1. The van der Waals surface area contributed by atoms with Crippen LogP contribution in [-0.4, -0.2) is 36.2 Å². The molecule has 0 aromatic heterocycles. The fourth-order valence-electron chi connectivity index (χ4n) is 2.89. The van der Waals surface area contributed by atoms with Gasteiger partial charge in [-0.1, -0.05) is 30.3 Å². The molecule has 1 N–H and O–H groups in total. The van der Waals surface area contributed by atoms with Crippen LogP contribution in [0.3, 0.4) is 0 Å². The Bertz CT molecular complexity index is 448. The van der Waals surface area contributed by atoms with E-state index in [9.17, 15) is 4.79 Å². The second-order valence-corrected chi connectivity index (χ2v) is 5.33. The molecule has 4 nitrogen and oxygen atoms in total. The van der Waals surface area contributed by atoms with E-state index >= 15 is 0 Å². The number of rotatable bonds is 2. The number of fused-ring (bicyclic) bond motifs is 1. The van der Waals surface area contributed by atoms with Crippen LogP contribution in [0.25, 0.3) is 0 Å². The Morgan fingerprint density at radius 3 is 3.00 bits per heavy atom. The highest BCUT2D eigenvalue weighted by atomic mass is 16.6. The summed E-state index contributed by atoms with van der Waals surface area (Å²) < 4.78 is 5.29. The van der Waals surface area contributed by atoms with Crippen molar-refractivity contribution in [2.75, 3.05) is 19.7 Å². The first-order valence-corrected chi connectivity index (χ1v) is 6.39. The molecule has 2 heterocycles. The fourth-order valence-corrected chi connectivity index (χ4v) is 2.89. The van der Waals surface area contributed by atoms with Crippen LogP contribution in [0.1, 0.15) is 12.5 Å². The Morgan fingerprint density at radius 1 is 1.44 bits per heavy atom. The van der Waals surface area contributed by atoms with Crippen molar-refractivity contribution in [2.24, 2.45) is 5.92 Å². The molecule has 2 atom stereocenters. The van der Waals surface area contributed by atoms with Gasteiger partial charge >= 0.3 is 6.09 Å². The number of carbonyl (C=O) groups is 1. The summed E-state index contributed by atoms with van der Waals surface area (Å²) in [5.74, 6) is 0.388. The van der Waals surface area contributed by atoms with Crippen LogP contribution in [0.2, 0.25) is 0 Å². The zero-order valence-corrected chi connectivity index (χ0v) is 10.6. The minimum absolute atomic E-state index is 0.120. The molecule has 0 radical (unpaired) electrons. The van der Waals surface area contributed by atoms with Crippen LogP contribution in [0.15, 0.2) is 30.3 Å². The first-order valence-electron chi connectivity index (χ1n) is 6.39. The third-order valence-corrected chi connectivity index (χ3v) is 4.18. The third kappa shape index (κ3) is 1.77. The van der Waals surface area contributed by atoms with Gasteiger partial charge in [-0.25, -0.2) is 4.79 Å². The maximum Gasteiger partial charge on any atom is 0.410 e. The number of hydrogen-bond donors (Lipinski definition) is 1. The third-order valence-electron chi connectivity index (χ3n) is 4.18. The number of benzene rings is 1. The van der Waals surface area contributed by atoms with E-state index in [4.69, 9.17) is 4.74 Å². The molecular formula is C14H18N2O2. The fraction of sp³-hybridized carbons (Fsp3) is 0.500. The van der Waals surface area contributed by atoms with Gasteiger partial charge in [0.15, 0.2) is 0 Å². The number of nitrogens with zero attached hydrogens (tertiary/aromatic N) is 1. The summed E-state index contributed by atoms with van der Waals surface area (Å²) in [6.07, 6.45) is -0.193. The molecule has 1 aromatic rings. The van der Waals surface area contributed by atoms with Crippen molar-refractivity contribution in [3.63, 3.8) is 0 Å². The van der Waals surface area contributed by atoms with Crippen LogP contribution in [0, 0.1) is 5.92 Å². The van der Waals surface area contributed by atoms with Crippen molar-refractivity contribution in [1.29, 1.82) is 0 Å². The topological polar surface area (TPSA) is 41.6 Å². The van der Waals surface area contributed by atoms with E-state index in [0.29, 0.717) is 19.1 Å². The maximum atomic E-state index is 12.0. The molecule has 1 aromatic carbocycles. The van der Waals surface area contributed by atoms with E-state index in [2.05, 4.69) is 12.2 Å². The highest BCUT2D eigenvalue weighted by Gasteiger charge is 2.49. The first kappa shape index (κ1) is 11.5. The Labute approximate surface area is 107 Å². The second kappa shape index (κ2) is 4.28. The summed E-state index contributed by atoms with van der Waals surface area (Å²) in [6.45, 7) is 5.08. The Kier molecular flexibility index (Phi) is 2.74. The van der Waals surface area contributed by atoms with Crippen LogP contribution in [0.4, 0.5) is 4.79 Å². The summed E-state index contributed by atoms with van der Waals surface area (Å²) in [4.78, 5) is 13.9. The summed E-state index contributed by atoms with van der Waals surface area (Å²) in [7, 11) is 0. The zero-order chi connectivity index (χ0) is 12.6. The number of hydrogen-bond acceptors (Lipinski definition) is 3. The van der Waals surface area contributed by atoms with Gasteiger partial charge in [0, 0.05) is 25.6 Å². The van der Waals surface area contributed by atoms with Crippen molar-refractivity contribution >= 4 is 6.09 Å². The minimum Gasteiger partial charge on any atom is -0.449 e. The molecule has 2 saturated heterocycles. The number of nitrogens with one attached hydrogen (secondary N) is 1. The number of amides is 1. The van der Waals surface area contributed by atoms with Gasteiger partial charge in [-0.05, 0) is 12.5 Å². The van der Waals surface area contributed by atoms with E-state index in [-0.39, 0.29) is 11.6 Å². The molecule has 1 amide bonds. The van der Waals surface area contributed by atoms with E-state index in [1.54, 1.807) is 0 Å². The highest BCUT2D eigenvalue weighted by Crippen LogP contribution is 2.34. The van der Waals surface area contributed by atoms with Gasteiger partial charge < -0.3 is 10.1 Å². The largest absolute Gasteiger partial charge is 0.449 e. The molecule has 3 rings (SSSR count). The van der Waals surface area contributed by atoms with Crippen molar-refractivity contribution in [3.8, 4) is 0 Å². The van der Waals surface area contributed by atoms with Crippen molar-refractivity contribution < 1.29 is 9.53 Å². The average Bonchev–Trinajstić information content (AvgIpc) is 2.77. The lowest BCUT2D eigenvalue weighted by molar-refractivity contribution is -0.0214. The molecule has 96 valence electrons. The van der Waals surface area contributed by atoms with Crippen molar-refractivity contribution in [3.05, 3.63) is 35.9 Å². The van der Waals surface area contributed by atoms with E-state index < -0.39 is 0 Å². The summed E-state index contributed by atoms with van der Waals surface area (Å²) in [6, 6.07) is 10.1. The van der Waals surface area contributed by atoms with Gasteiger partial charge in [0.05, 0.1) is 12.1 Å². The predicted molar refractivity (Wildman–Crippen MR) is 68.1 cm³/mol. The van der Waals surface area contributed by atoms with Gasteiger partial charge in [-0.2, -0.15) is 0 Å². The van der Waals surface area contributed by atoms with Crippen molar-refractivity contribution in [1.82, 2.24) is 10.2 Å². The lowest BCUT2D eigenvalue weighted by atomic mass is 9.86. The summed E-state index contributed by atoms with van der Waals surface area (Å²) >= 11 is 0. The SMILES string of the molecule is C[C@]12CNC[C@H]1COC(=O)N2Cc1ccccc1. The van der Waals surface area contributed by atoms with E-state index in [1.165, 1.54) is 0 Å². The molecule has 2 aliphatic rings. The molecule has 0 saturated carbocycles. The van der Waals surface area contributed by atoms with Crippen molar-refractivity contribution in [2.45, 2.75) is 19.0 Å². The number of cyclic esters (lactones) is 1. The predicted octanol–water partition coefficient (Wildman–Crippen LogP) is 1.62. The van der Waals surface area contributed by atoms with E-state index in [0.717, 1.165) is 18.7 Å². The molecule has 2 fully saturated rings. The van der Waals surface area contributed by atoms with Gasteiger partial charge in [0.2, 0.25) is 0 Å². The molecule has 0 spiro atoms. The molecule has 0 bridgehead atoms. The number of ether oxygens (including phenoxy) is 1. The first-order chi connectivity index (χ1) is 8.70. The lowest BCUT2D eigenvalue weighted by Crippen LogP contribution is -2.59. The molecule has 18 heavy (non-hydrogen) atoms. The molecule has 4 heteroatoms. The Balaban J connectivity index is 1.86. The smallest absolute Gasteiger partial charge is 0.410 e. The summed E-state index contributed by atoms with van der Waals surface area (Å²) in [5.41, 5.74) is 1.02. The van der Waals surface area contributed by atoms with Crippen LogP contribution in [-0.2, 0) is 11.3 Å². The van der Waals surface area contributed by atoms with Gasteiger partial charge in [0.1, 0.15) is 0 Å². The highest BCUT2D eigenvalue weighted by molar-refractivity contribution is 5.70.